The van der Waals surface area contributed by atoms with E-state index in [9.17, 15) is 4.57 Å². The Balaban J connectivity index is 2.70. The van der Waals surface area contributed by atoms with Gasteiger partial charge in [-0.3, -0.25) is 4.57 Å². The first-order chi connectivity index (χ1) is 7.49. The van der Waals surface area contributed by atoms with Gasteiger partial charge < -0.3 is 18.1 Å². The molecule has 1 heterocycles. The zero-order valence-electron chi connectivity index (χ0n) is 10.3. The van der Waals surface area contributed by atoms with E-state index in [2.05, 4.69) is 0 Å². The standard InChI is InChI=1S/C9H20O5P2/c1-5-9(6-13-15(4)14-7-9)8-16(10,11-2)12-3/h5-8H2,1-4H3. The molecule has 1 aliphatic rings. The van der Waals surface area contributed by atoms with Crippen LogP contribution in [0.4, 0.5) is 0 Å². The molecule has 7 heteroatoms. The van der Waals surface area contributed by atoms with Gasteiger partial charge in [0.1, 0.15) is 0 Å². The second kappa shape index (κ2) is 5.90. The second-order valence-electron chi connectivity index (χ2n) is 3.97. The fourth-order valence-electron chi connectivity index (χ4n) is 1.56. The molecular weight excluding hydrogens is 250 g/mol. The summed E-state index contributed by atoms with van der Waals surface area (Å²) >= 11 is 0. The van der Waals surface area contributed by atoms with Gasteiger partial charge in [-0.2, -0.15) is 0 Å². The molecule has 0 aromatic heterocycles. The van der Waals surface area contributed by atoms with Gasteiger partial charge in [-0.25, -0.2) is 0 Å². The van der Waals surface area contributed by atoms with Crippen LogP contribution in [0.3, 0.4) is 0 Å². The summed E-state index contributed by atoms with van der Waals surface area (Å²) in [6, 6.07) is 0. The lowest BCUT2D eigenvalue weighted by Gasteiger charge is -2.38. The maximum atomic E-state index is 12.1. The highest BCUT2D eigenvalue weighted by Gasteiger charge is 2.41. The third-order valence-electron chi connectivity index (χ3n) is 2.94. The molecule has 0 atom stereocenters. The Morgan fingerprint density at radius 3 is 2.19 bits per heavy atom. The highest BCUT2D eigenvalue weighted by molar-refractivity contribution is 7.53. The highest BCUT2D eigenvalue weighted by Crippen LogP contribution is 2.55. The fraction of sp³-hybridized carbons (Fsp3) is 1.00. The Labute approximate surface area is 98.2 Å². The topological polar surface area (TPSA) is 54.0 Å². The number of rotatable bonds is 5. The summed E-state index contributed by atoms with van der Waals surface area (Å²) in [6.45, 7) is 5.07. The van der Waals surface area contributed by atoms with E-state index in [1.807, 2.05) is 13.6 Å². The molecule has 0 N–H and O–H groups in total. The van der Waals surface area contributed by atoms with Crippen molar-refractivity contribution in [3.8, 4) is 0 Å². The van der Waals surface area contributed by atoms with Crippen LogP contribution >= 0.6 is 16.0 Å². The van der Waals surface area contributed by atoms with Crippen LogP contribution in [0.1, 0.15) is 13.3 Å². The summed E-state index contributed by atoms with van der Waals surface area (Å²) in [7, 11) is -0.966. The maximum absolute atomic E-state index is 12.1. The zero-order valence-corrected chi connectivity index (χ0v) is 12.1. The molecule has 0 aromatic rings. The second-order valence-corrected chi connectivity index (χ2v) is 7.64. The van der Waals surface area contributed by atoms with Gasteiger partial charge in [0.2, 0.25) is 0 Å². The third-order valence-corrected chi connectivity index (χ3v) is 6.10. The minimum Gasteiger partial charge on any atom is -0.334 e. The summed E-state index contributed by atoms with van der Waals surface area (Å²) in [6.07, 6.45) is 1.17. The van der Waals surface area contributed by atoms with E-state index in [4.69, 9.17) is 18.1 Å². The van der Waals surface area contributed by atoms with Gasteiger partial charge in [0, 0.05) is 26.3 Å². The molecule has 0 saturated carbocycles. The van der Waals surface area contributed by atoms with Crippen molar-refractivity contribution in [2.75, 3.05) is 40.3 Å². The van der Waals surface area contributed by atoms with Crippen LogP contribution < -0.4 is 0 Å². The third kappa shape index (κ3) is 3.49. The summed E-state index contributed by atoms with van der Waals surface area (Å²) in [5.41, 5.74) is -0.254. The van der Waals surface area contributed by atoms with E-state index in [0.717, 1.165) is 6.42 Å². The van der Waals surface area contributed by atoms with Crippen LogP contribution in [-0.2, 0) is 22.7 Å². The Kier molecular flexibility index (Phi) is 5.37. The first kappa shape index (κ1) is 14.6. The van der Waals surface area contributed by atoms with E-state index < -0.39 is 16.0 Å². The van der Waals surface area contributed by atoms with Crippen molar-refractivity contribution in [2.45, 2.75) is 13.3 Å². The molecule has 0 spiro atoms. The quantitative estimate of drug-likeness (QED) is 0.719. The molecule has 0 amide bonds. The lowest BCUT2D eigenvalue weighted by atomic mass is 9.90. The average Bonchev–Trinajstić information content (AvgIpc) is 2.32. The molecule has 1 saturated heterocycles. The molecular formula is C9H20O5P2. The van der Waals surface area contributed by atoms with Gasteiger partial charge in [-0.1, -0.05) is 6.92 Å². The summed E-state index contributed by atoms with van der Waals surface area (Å²) in [5, 5.41) is 0. The molecule has 1 rings (SSSR count). The van der Waals surface area contributed by atoms with Crippen molar-refractivity contribution in [2.24, 2.45) is 5.41 Å². The van der Waals surface area contributed by atoms with Crippen molar-refractivity contribution < 1.29 is 22.7 Å². The van der Waals surface area contributed by atoms with Crippen molar-refractivity contribution in [3.05, 3.63) is 0 Å². The van der Waals surface area contributed by atoms with E-state index >= 15 is 0 Å². The van der Waals surface area contributed by atoms with Gasteiger partial charge in [0.05, 0.1) is 19.4 Å². The first-order valence-corrected chi connectivity index (χ1v) is 8.54. The van der Waals surface area contributed by atoms with Crippen molar-refractivity contribution in [3.63, 3.8) is 0 Å². The first-order valence-electron chi connectivity index (χ1n) is 5.19. The van der Waals surface area contributed by atoms with E-state index in [0.29, 0.717) is 19.4 Å². The molecule has 5 nitrogen and oxygen atoms in total. The smallest absolute Gasteiger partial charge is 0.330 e. The van der Waals surface area contributed by atoms with Gasteiger partial charge >= 0.3 is 7.60 Å². The molecule has 1 fully saturated rings. The maximum Gasteiger partial charge on any atom is 0.330 e. The van der Waals surface area contributed by atoms with Crippen LogP contribution in [0, 0.1) is 5.41 Å². The van der Waals surface area contributed by atoms with E-state index in [1.165, 1.54) is 14.2 Å². The molecule has 16 heavy (non-hydrogen) atoms. The van der Waals surface area contributed by atoms with E-state index in [-0.39, 0.29) is 5.41 Å². The van der Waals surface area contributed by atoms with Crippen LogP contribution in [0.5, 0.6) is 0 Å². The minimum atomic E-state index is -3.00. The zero-order chi connectivity index (χ0) is 12.2. The predicted molar refractivity (Wildman–Crippen MR) is 64.0 cm³/mol. The van der Waals surface area contributed by atoms with Gasteiger partial charge in [0.25, 0.3) is 0 Å². The van der Waals surface area contributed by atoms with Gasteiger partial charge in [-0.15, -0.1) is 0 Å². The van der Waals surface area contributed by atoms with Crippen LogP contribution in [0.2, 0.25) is 0 Å². The molecule has 0 aliphatic carbocycles. The molecule has 0 unspecified atom stereocenters. The van der Waals surface area contributed by atoms with Gasteiger partial charge in [-0.05, 0) is 6.42 Å². The van der Waals surface area contributed by atoms with Crippen molar-refractivity contribution in [1.82, 2.24) is 0 Å². The number of hydrogen-bond acceptors (Lipinski definition) is 5. The van der Waals surface area contributed by atoms with Crippen LogP contribution in [0.25, 0.3) is 0 Å². The number of hydrogen-bond donors (Lipinski definition) is 0. The lowest BCUT2D eigenvalue weighted by molar-refractivity contribution is 0.0444. The summed E-state index contributed by atoms with van der Waals surface area (Å²) in [5.74, 6) is 0. The average molecular weight is 270 g/mol. The Bertz CT molecular complexity index is 255. The lowest BCUT2D eigenvalue weighted by Crippen LogP contribution is -2.37. The monoisotopic (exact) mass is 270 g/mol. The Morgan fingerprint density at radius 1 is 1.31 bits per heavy atom. The molecule has 0 aromatic carbocycles. The van der Waals surface area contributed by atoms with Crippen LogP contribution in [0.15, 0.2) is 0 Å². The van der Waals surface area contributed by atoms with Crippen molar-refractivity contribution in [1.29, 1.82) is 0 Å². The van der Waals surface area contributed by atoms with E-state index in [1.54, 1.807) is 0 Å². The summed E-state index contributed by atoms with van der Waals surface area (Å²) < 4.78 is 33.1. The largest absolute Gasteiger partial charge is 0.334 e. The highest BCUT2D eigenvalue weighted by atomic mass is 31.2. The van der Waals surface area contributed by atoms with Gasteiger partial charge in [0.15, 0.2) is 8.38 Å². The van der Waals surface area contributed by atoms with Crippen LogP contribution in [-0.4, -0.2) is 40.3 Å². The molecule has 0 radical (unpaired) electrons. The molecule has 1 aliphatic heterocycles. The minimum absolute atomic E-state index is 0.254. The molecule has 96 valence electrons. The SMILES string of the molecule is CCC1(CP(=O)(OC)OC)COP(C)OC1. The normalized spacial score (nSPS) is 31.6. The predicted octanol–water partition coefficient (Wildman–Crippen LogP) is 2.86. The molecule has 0 bridgehead atoms. The van der Waals surface area contributed by atoms with Crippen molar-refractivity contribution >= 4 is 16.0 Å². The summed E-state index contributed by atoms with van der Waals surface area (Å²) in [4.78, 5) is 0. The Hall–Kier alpha value is 0.500. The fourth-order valence-corrected chi connectivity index (χ4v) is 4.18. The Morgan fingerprint density at radius 2 is 1.81 bits per heavy atom.